The first-order valence-electron chi connectivity index (χ1n) is 7.12. The fraction of sp³-hybridized carbons (Fsp3) is 0.571. The number of rotatable bonds is 5. The van der Waals surface area contributed by atoms with Crippen LogP contribution in [0, 0.1) is 5.92 Å². The van der Waals surface area contributed by atoms with Crippen molar-refractivity contribution in [2.24, 2.45) is 5.92 Å². The topological polar surface area (TPSA) is 59.0 Å². The monoisotopic (exact) mass is 294 g/mol. The van der Waals surface area contributed by atoms with Crippen molar-refractivity contribution in [1.82, 2.24) is 15.1 Å². The Kier molecular flexibility index (Phi) is 4.08. The Bertz CT molecular complexity index is 577. The van der Waals surface area contributed by atoms with E-state index in [2.05, 4.69) is 21.8 Å². The van der Waals surface area contributed by atoms with Gasteiger partial charge in [-0.2, -0.15) is 5.10 Å². The maximum Gasteiger partial charge on any atom is 0.291 e. The number of nitrogens with one attached hydrogen (secondary N) is 2. The predicted molar refractivity (Wildman–Crippen MR) is 80.3 cm³/mol. The quantitative estimate of drug-likeness (QED) is 0.811. The summed E-state index contributed by atoms with van der Waals surface area (Å²) < 4.78 is 1.53. The van der Waals surface area contributed by atoms with E-state index < -0.39 is 0 Å². The average molecular weight is 295 g/mol. The van der Waals surface area contributed by atoms with Crippen LogP contribution in [0.25, 0.3) is 0 Å². The molecule has 2 N–H and O–H groups in total. The lowest BCUT2D eigenvalue weighted by atomic mass is 10.1. The second-order valence-corrected chi connectivity index (χ2v) is 5.88. The highest BCUT2D eigenvalue weighted by Crippen LogP contribution is 2.30. The standard InChI is InChI=1S/C14H19ClN4O/c15-12-8-18-19(9-11-1-2-11)14(20)13(12)17-7-10-3-5-16-6-4-10/h3,8,11,16-17H,1-2,4-7,9H2. The van der Waals surface area contributed by atoms with Crippen molar-refractivity contribution in [2.45, 2.75) is 25.8 Å². The van der Waals surface area contributed by atoms with Crippen LogP contribution < -0.4 is 16.2 Å². The molecule has 20 heavy (non-hydrogen) atoms. The predicted octanol–water partition coefficient (Wildman–Crippen LogP) is 1.64. The summed E-state index contributed by atoms with van der Waals surface area (Å²) in [6, 6.07) is 0. The summed E-state index contributed by atoms with van der Waals surface area (Å²) in [5.74, 6) is 0.612. The van der Waals surface area contributed by atoms with Crippen LogP contribution in [0.15, 0.2) is 22.6 Å². The lowest BCUT2D eigenvalue weighted by Crippen LogP contribution is -2.28. The molecule has 3 rings (SSSR count). The normalized spacial score (nSPS) is 18.8. The van der Waals surface area contributed by atoms with E-state index in [1.165, 1.54) is 23.1 Å². The zero-order valence-corrected chi connectivity index (χ0v) is 12.1. The number of aromatic nitrogens is 2. The maximum absolute atomic E-state index is 12.3. The van der Waals surface area contributed by atoms with Gasteiger partial charge in [-0.1, -0.05) is 23.3 Å². The number of anilines is 1. The summed E-state index contributed by atoms with van der Waals surface area (Å²) >= 11 is 6.10. The van der Waals surface area contributed by atoms with Gasteiger partial charge in [0, 0.05) is 19.6 Å². The SMILES string of the molecule is O=c1c(NCC2=CCNCC2)c(Cl)cnn1CC1CC1. The van der Waals surface area contributed by atoms with Gasteiger partial charge in [0.15, 0.2) is 0 Å². The molecule has 1 aliphatic heterocycles. The van der Waals surface area contributed by atoms with Crippen molar-refractivity contribution >= 4 is 17.3 Å². The molecule has 108 valence electrons. The minimum absolute atomic E-state index is 0.112. The van der Waals surface area contributed by atoms with Crippen LogP contribution >= 0.6 is 11.6 Å². The average Bonchev–Trinajstić information content (AvgIpc) is 3.27. The van der Waals surface area contributed by atoms with Crippen LogP contribution in [-0.2, 0) is 6.54 Å². The van der Waals surface area contributed by atoms with Crippen LogP contribution in [-0.4, -0.2) is 29.4 Å². The van der Waals surface area contributed by atoms with Gasteiger partial charge in [0.25, 0.3) is 5.56 Å². The summed E-state index contributed by atoms with van der Waals surface area (Å²) in [7, 11) is 0. The van der Waals surface area contributed by atoms with Crippen molar-refractivity contribution in [1.29, 1.82) is 0 Å². The highest BCUT2D eigenvalue weighted by molar-refractivity contribution is 6.33. The minimum atomic E-state index is -0.112. The number of hydrogen-bond acceptors (Lipinski definition) is 4. The smallest absolute Gasteiger partial charge is 0.291 e. The van der Waals surface area contributed by atoms with Gasteiger partial charge in [-0.05, 0) is 31.7 Å². The fourth-order valence-electron chi connectivity index (χ4n) is 2.34. The first-order chi connectivity index (χ1) is 9.74. The van der Waals surface area contributed by atoms with Gasteiger partial charge in [-0.3, -0.25) is 4.79 Å². The molecular weight excluding hydrogens is 276 g/mol. The molecule has 5 nitrogen and oxygen atoms in total. The highest BCUT2D eigenvalue weighted by Gasteiger charge is 2.23. The molecule has 0 atom stereocenters. The molecule has 0 radical (unpaired) electrons. The van der Waals surface area contributed by atoms with Crippen LogP contribution in [0.1, 0.15) is 19.3 Å². The maximum atomic E-state index is 12.3. The zero-order valence-electron chi connectivity index (χ0n) is 11.4. The van der Waals surface area contributed by atoms with Crippen LogP contribution in [0.4, 0.5) is 5.69 Å². The first-order valence-corrected chi connectivity index (χ1v) is 7.50. The van der Waals surface area contributed by atoms with Gasteiger partial charge in [-0.25, -0.2) is 4.68 Å². The largest absolute Gasteiger partial charge is 0.376 e. The van der Waals surface area contributed by atoms with E-state index in [1.807, 2.05) is 0 Å². The lowest BCUT2D eigenvalue weighted by Gasteiger charge is -2.16. The molecule has 1 fully saturated rings. The van der Waals surface area contributed by atoms with Crippen molar-refractivity contribution in [3.63, 3.8) is 0 Å². The van der Waals surface area contributed by atoms with Gasteiger partial charge in [0.05, 0.1) is 11.2 Å². The van der Waals surface area contributed by atoms with Gasteiger partial charge < -0.3 is 10.6 Å². The first kappa shape index (κ1) is 13.6. The Morgan fingerprint density at radius 1 is 1.50 bits per heavy atom. The molecule has 0 spiro atoms. The molecule has 6 heteroatoms. The van der Waals surface area contributed by atoms with E-state index in [4.69, 9.17) is 11.6 Å². The van der Waals surface area contributed by atoms with Gasteiger partial charge in [0.2, 0.25) is 0 Å². The third-order valence-electron chi connectivity index (χ3n) is 3.78. The molecule has 2 heterocycles. The molecule has 0 saturated heterocycles. The Morgan fingerprint density at radius 3 is 3.05 bits per heavy atom. The Balaban J connectivity index is 1.73. The minimum Gasteiger partial charge on any atom is -0.376 e. The second kappa shape index (κ2) is 5.97. The molecule has 1 aromatic rings. The molecule has 0 bridgehead atoms. The summed E-state index contributed by atoms with van der Waals surface area (Å²) in [4.78, 5) is 12.3. The van der Waals surface area contributed by atoms with Gasteiger partial charge in [0.1, 0.15) is 5.69 Å². The van der Waals surface area contributed by atoms with Crippen LogP contribution in [0.3, 0.4) is 0 Å². The van der Waals surface area contributed by atoms with Crippen molar-refractivity contribution in [3.8, 4) is 0 Å². The summed E-state index contributed by atoms with van der Waals surface area (Å²) in [6.07, 6.45) is 7.11. The van der Waals surface area contributed by atoms with Crippen molar-refractivity contribution in [3.05, 3.63) is 33.2 Å². The molecule has 2 aliphatic rings. The van der Waals surface area contributed by atoms with Gasteiger partial charge in [-0.15, -0.1) is 0 Å². The zero-order chi connectivity index (χ0) is 13.9. The van der Waals surface area contributed by atoms with Crippen LogP contribution in [0.5, 0.6) is 0 Å². The summed E-state index contributed by atoms with van der Waals surface area (Å²) in [5.41, 5.74) is 1.67. The molecule has 1 aliphatic carbocycles. The Labute approximate surface area is 123 Å². The number of nitrogens with zero attached hydrogens (tertiary/aromatic N) is 2. The third kappa shape index (κ3) is 3.22. The van der Waals surface area contributed by atoms with E-state index in [0.717, 1.165) is 19.5 Å². The summed E-state index contributed by atoms with van der Waals surface area (Å²) in [6.45, 7) is 3.26. The Morgan fingerprint density at radius 2 is 2.35 bits per heavy atom. The van der Waals surface area contributed by atoms with E-state index in [1.54, 1.807) is 6.20 Å². The number of halogens is 1. The second-order valence-electron chi connectivity index (χ2n) is 5.47. The lowest BCUT2D eigenvalue weighted by molar-refractivity contribution is 0.534. The van der Waals surface area contributed by atoms with E-state index in [0.29, 0.717) is 29.7 Å². The van der Waals surface area contributed by atoms with Gasteiger partial charge >= 0.3 is 0 Å². The van der Waals surface area contributed by atoms with E-state index in [9.17, 15) is 4.79 Å². The molecular formula is C14H19ClN4O. The van der Waals surface area contributed by atoms with Crippen molar-refractivity contribution in [2.75, 3.05) is 25.0 Å². The third-order valence-corrected chi connectivity index (χ3v) is 4.06. The van der Waals surface area contributed by atoms with Crippen molar-refractivity contribution < 1.29 is 0 Å². The van der Waals surface area contributed by atoms with E-state index in [-0.39, 0.29) is 5.56 Å². The Hall–Kier alpha value is -1.33. The molecule has 0 unspecified atom stereocenters. The van der Waals surface area contributed by atoms with Crippen LogP contribution in [0.2, 0.25) is 5.02 Å². The molecule has 0 amide bonds. The molecule has 1 saturated carbocycles. The summed E-state index contributed by atoms with van der Waals surface area (Å²) in [5, 5.41) is 11.0. The molecule has 0 aromatic carbocycles. The highest BCUT2D eigenvalue weighted by atomic mass is 35.5. The number of hydrogen-bond donors (Lipinski definition) is 2. The fourth-order valence-corrected chi connectivity index (χ4v) is 2.53. The molecule has 1 aromatic heterocycles. The van der Waals surface area contributed by atoms with E-state index >= 15 is 0 Å².